The van der Waals surface area contributed by atoms with Gasteiger partial charge in [0.2, 0.25) is 0 Å². The van der Waals surface area contributed by atoms with Crippen LogP contribution in [0.1, 0.15) is 52.7 Å². The highest BCUT2D eigenvalue weighted by Crippen LogP contribution is 2.49. The monoisotopic (exact) mass is 889 g/mol. The average molecular weight is 890 g/mol. The number of benzene rings is 8. The van der Waals surface area contributed by atoms with E-state index in [1.807, 2.05) is 0 Å². The molecule has 11 rings (SSSR count). The van der Waals surface area contributed by atoms with Gasteiger partial charge in [0.05, 0.1) is 13.8 Å². The van der Waals surface area contributed by atoms with E-state index in [1.165, 1.54) is 82.4 Å². The van der Waals surface area contributed by atoms with Crippen molar-refractivity contribution in [3.8, 4) is 0 Å². The van der Waals surface area contributed by atoms with Gasteiger partial charge in [-0.1, -0.05) is 192 Å². The minimum atomic E-state index is -2.58. The Labute approximate surface area is 395 Å². The van der Waals surface area contributed by atoms with Crippen LogP contribution in [0.3, 0.4) is 0 Å². The molecule has 0 aromatic heterocycles. The third-order valence-corrected chi connectivity index (χ3v) is 21.3. The molecular weight excluding hydrogens is 830 g/mol. The molecule has 326 valence electrons. The quantitative estimate of drug-likeness (QED) is 0.148. The average Bonchev–Trinajstić information content (AvgIpc) is 3.30. The van der Waals surface area contributed by atoms with Gasteiger partial charge < -0.3 is 14.7 Å². The molecule has 0 saturated carbocycles. The lowest BCUT2D eigenvalue weighted by molar-refractivity contribution is 0.569. The van der Waals surface area contributed by atoms with E-state index >= 15 is 0 Å². The summed E-state index contributed by atoms with van der Waals surface area (Å²) in [6.45, 7) is 24.1. The summed E-state index contributed by atoms with van der Waals surface area (Å²) in [6.07, 6.45) is 0. The lowest BCUT2D eigenvalue weighted by Crippen LogP contribution is -2.83. The van der Waals surface area contributed by atoms with Crippen LogP contribution in [0.4, 0.5) is 51.2 Å². The molecule has 0 saturated heterocycles. The highest BCUT2D eigenvalue weighted by molar-refractivity contribution is 7.21. The van der Waals surface area contributed by atoms with Gasteiger partial charge >= 0.3 is 0 Å². The summed E-state index contributed by atoms with van der Waals surface area (Å²) in [6, 6.07) is 69.9. The first-order chi connectivity index (χ1) is 31.5. The number of anilines is 9. The molecule has 66 heavy (non-hydrogen) atoms. The Hall–Kier alpha value is -6.34. The first kappa shape index (κ1) is 42.3. The van der Waals surface area contributed by atoms with Crippen LogP contribution in [-0.4, -0.2) is 22.9 Å². The zero-order valence-corrected chi connectivity index (χ0v) is 42.2. The van der Waals surface area contributed by atoms with Crippen molar-refractivity contribution < 1.29 is 0 Å². The van der Waals surface area contributed by atoms with E-state index in [0.29, 0.717) is 0 Å². The molecule has 0 aliphatic carbocycles. The molecule has 1 atom stereocenters. The first-order valence-corrected chi connectivity index (χ1v) is 29.8. The maximum Gasteiger partial charge on any atom is 0.251 e. The lowest BCUT2D eigenvalue weighted by atomic mass is 9.33. The normalized spacial score (nSPS) is 16.0. The molecule has 3 heterocycles. The highest BCUT2D eigenvalue weighted by Gasteiger charge is 2.54. The summed E-state index contributed by atoms with van der Waals surface area (Å²) in [5.74, 6) is 0. The van der Waals surface area contributed by atoms with Gasteiger partial charge in [-0.25, -0.2) is 0 Å². The summed E-state index contributed by atoms with van der Waals surface area (Å²) in [5, 5.41) is 5.94. The fourth-order valence-electron chi connectivity index (χ4n) is 11.2. The second-order valence-corrected chi connectivity index (χ2v) is 31.0. The van der Waals surface area contributed by atoms with E-state index in [2.05, 4.69) is 264 Å². The van der Waals surface area contributed by atoms with E-state index in [-0.39, 0.29) is 17.5 Å². The zero-order valence-electron chi connectivity index (χ0n) is 40.2. The topological polar surface area (TPSA) is 9.72 Å². The van der Waals surface area contributed by atoms with Gasteiger partial charge in [-0.15, -0.1) is 0 Å². The van der Waals surface area contributed by atoms with Gasteiger partial charge in [-0.2, -0.15) is 0 Å². The maximum atomic E-state index is 2.67. The van der Waals surface area contributed by atoms with Crippen molar-refractivity contribution in [1.82, 2.24) is 0 Å². The molecule has 0 N–H and O–H groups in total. The van der Waals surface area contributed by atoms with Gasteiger partial charge in [0, 0.05) is 45.5 Å². The third-order valence-electron chi connectivity index (χ3n) is 14.7. The van der Waals surface area contributed by atoms with Crippen LogP contribution in [0, 0.1) is 0 Å². The Balaban J connectivity index is 1.31. The predicted octanol–water partition coefficient (Wildman–Crippen LogP) is 11.8. The smallest absolute Gasteiger partial charge is 0.251 e. The maximum absolute atomic E-state index is 2.67. The largest absolute Gasteiger partial charge is 0.311 e. The predicted molar refractivity (Wildman–Crippen MR) is 292 cm³/mol. The Morgan fingerprint density at radius 1 is 0.439 bits per heavy atom. The van der Waals surface area contributed by atoms with Crippen LogP contribution < -0.4 is 51.8 Å². The molecule has 0 radical (unpaired) electrons. The molecule has 0 spiro atoms. The van der Waals surface area contributed by atoms with Crippen molar-refractivity contribution in [3.63, 3.8) is 0 Å². The molecule has 3 aliphatic heterocycles. The van der Waals surface area contributed by atoms with Gasteiger partial charge in [0.1, 0.15) is 8.07 Å². The highest BCUT2D eigenvalue weighted by atomic mass is 28.3. The minimum absolute atomic E-state index is 0.0503. The molecule has 3 aliphatic rings. The Morgan fingerprint density at radius 2 is 0.894 bits per heavy atom. The molecule has 8 aromatic rings. The van der Waals surface area contributed by atoms with Crippen LogP contribution in [-0.2, 0) is 10.8 Å². The van der Waals surface area contributed by atoms with Crippen molar-refractivity contribution in [2.45, 2.75) is 78.6 Å². The SMILES string of the molecule is CC(C)(C)c1cc(N2c3cc(N(c4ccccc4)c4ccccc4)cc4c3B3c5c(cccc5[Si](C)(c5ccccc5)c5cccc2c53)N4c2ccc([Si](C)(C)C)cc2)cc(C(C)(C)C)c1. The fourth-order valence-corrected chi connectivity index (χ4v) is 16.6. The summed E-state index contributed by atoms with van der Waals surface area (Å²) < 4.78 is 0. The van der Waals surface area contributed by atoms with Crippen LogP contribution in [0.25, 0.3) is 0 Å². The van der Waals surface area contributed by atoms with Gasteiger partial charge in [-0.3, -0.25) is 0 Å². The summed E-state index contributed by atoms with van der Waals surface area (Å²) in [5.41, 5.74) is 17.7. The Kier molecular flexibility index (Phi) is 9.68. The molecule has 1 unspecified atom stereocenters. The fraction of sp³-hybridized carbons (Fsp3) is 0.200. The van der Waals surface area contributed by atoms with Crippen molar-refractivity contribution in [3.05, 3.63) is 193 Å². The third kappa shape index (κ3) is 6.58. The van der Waals surface area contributed by atoms with Crippen LogP contribution in [0.5, 0.6) is 0 Å². The number of hydrogen-bond donors (Lipinski definition) is 0. The van der Waals surface area contributed by atoms with Crippen molar-refractivity contribution >= 4 is 111 Å². The van der Waals surface area contributed by atoms with Gasteiger partial charge in [0.15, 0.2) is 0 Å². The summed E-state index contributed by atoms with van der Waals surface area (Å²) >= 11 is 0. The summed E-state index contributed by atoms with van der Waals surface area (Å²) in [4.78, 5) is 7.75. The number of nitrogens with zero attached hydrogens (tertiary/aromatic N) is 3. The van der Waals surface area contributed by atoms with E-state index < -0.39 is 16.1 Å². The number of hydrogen-bond acceptors (Lipinski definition) is 3. The standard InChI is InChI=1S/C60H60BN3Si2/c1-59(2,3)41-36-42(60(4,5)6)38-46(37-41)64-51-29-21-31-55-58(51)61-56-52(39-47(40-53(56)64)62(43-22-14-11-15-23-43)44-24-16-12-17-25-44)63(45-32-34-48(35-33-45)65(7,8)9)50-28-20-30-54(57(50)61)66(55,10)49-26-18-13-19-27-49/h11-40H,1-10H3. The van der Waals surface area contributed by atoms with Crippen LogP contribution in [0.15, 0.2) is 182 Å². The van der Waals surface area contributed by atoms with Crippen LogP contribution in [0.2, 0.25) is 26.2 Å². The molecule has 6 heteroatoms. The van der Waals surface area contributed by atoms with Gasteiger partial charge in [0.25, 0.3) is 6.71 Å². The van der Waals surface area contributed by atoms with E-state index in [9.17, 15) is 0 Å². The lowest BCUT2D eigenvalue weighted by Gasteiger charge is -2.51. The second-order valence-electron chi connectivity index (χ2n) is 22.0. The molecule has 0 bridgehead atoms. The molecule has 3 nitrogen and oxygen atoms in total. The molecule has 0 amide bonds. The van der Waals surface area contributed by atoms with Crippen molar-refractivity contribution in [2.75, 3.05) is 14.7 Å². The minimum Gasteiger partial charge on any atom is -0.311 e. The van der Waals surface area contributed by atoms with Gasteiger partial charge in [-0.05, 0) is 116 Å². The molecule has 8 aromatic carbocycles. The molecule has 0 fully saturated rings. The number of rotatable bonds is 7. The van der Waals surface area contributed by atoms with E-state index in [1.54, 1.807) is 0 Å². The van der Waals surface area contributed by atoms with E-state index in [0.717, 1.165) is 17.1 Å². The van der Waals surface area contributed by atoms with Crippen molar-refractivity contribution in [2.24, 2.45) is 0 Å². The van der Waals surface area contributed by atoms with E-state index in [4.69, 9.17) is 0 Å². The Morgan fingerprint density at radius 3 is 1.35 bits per heavy atom. The molecular formula is C60H60BN3Si2. The summed E-state index contributed by atoms with van der Waals surface area (Å²) in [7, 11) is -4.15. The first-order valence-electron chi connectivity index (χ1n) is 23.8. The zero-order chi connectivity index (χ0) is 45.9. The van der Waals surface area contributed by atoms with Crippen molar-refractivity contribution in [1.29, 1.82) is 0 Å². The second kappa shape index (κ2) is 15.1. The van der Waals surface area contributed by atoms with Crippen LogP contribution >= 0.6 is 0 Å². The number of para-hydroxylation sites is 2. The Bertz CT molecular complexity index is 3100.